The van der Waals surface area contributed by atoms with Gasteiger partial charge in [0.1, 0.15) is 18.4 Å². The van der Waals surface area contributed by atoms with E-state index >= 15 is 0 Å². The lowest BCUT2D eigenvalue weighted by Gasteiger charge is -2.15. The lowest BCUT2D eigenvalue weighted by atomic mass is 10.0. The van der Waals surface area contributed by atoms with Crippen molar-refractivity contribution in [3.63, 3.8) is 0 Å². The summed E-state index contributed by atoms with van der Waals surface area (Å²) in [5, 5.41) is 14.9. The van der Waals surface area contributed by atoms with Crippen LogP contribution in [0, 0.1) is 0 Å². The van der Waals surface area contributed by atoms with E-state index in [-0.39, 0.29) is 0 Å². The molecule has 0 radical (unpaired) electrons. The Morgan fingerprint density at radius 2 is 1.75 bits per heavy atom. The average Bonchev–Trinajstić information content (AvgIpc) is 3.21. The first-order valence-electron chi connectivity index (χ1n) is 10.2. The molecule has 0 fully saturated rings. The molecule has 0 bridgehead atoms. The van der Waals surface area contributed by atoms with Crippen LogP contribution >= 0.6 is 23.2 Å². The van der Waals surface area contributed by atoms with Gasteiger partial charge in [-0.3, -0.25) is 4.79 Å². The third-order valence-corrected chi connectivity index (χ3v) is 6.00. The second-order valence-electron chi connectivity index (χ2n) is 7.52. The summed E-state index contributed by atoms with van der Waals surface area (Å²) < 4.78 is 5.80. The summed E-state index contributed by atoms with van der Waals surface area (Å²) in [5.41, 5.74) is 3.87. The largest absolute Gasteiger partial charge is 0.489 e. The zero-order chi connectivity index (χ0) is 22.5. The number of H-pyrrole nitrogens is 1. The molecule has 0 saturated heterocycles. The van der Waals surface area contributed by atoms with Crippen molar-refractivity contribution < 1.29 is 14.6 Å². The Morgan fingerprint density at radius 1 is 1.00 bits per heavy atom. The maximum atomic E-state index is 11.8. The van der Waals surface area contributed by atoms with Gasteiger partial charge in [-0.05, 0) is 47.0 Å². The summed E-state index contributed by atoms with van der Waals surface area (Å²) in [6.07, 6.45) is 2.27. The van der Waals surface area contributed by atoms with Crippen molar-refractivity contribution >= 4 is 40.1 Å². The minimum Gasteiger partial charge on any atom is -0.489 e. The van der Waals surface area contributed by atoms with E-state index in [4.69, 9.17) is 27.9 Å². The Morgan fingerprint density at radius 3 is 2.50 bits per heavy atom. The van der Waals surface area contributed by atoms with Crippen LogP contribution in [0.25, 0.3) is 10.9 Å². The molecule has 1 heterocycles. The Bertz CT molecular complexity index is 1220. The van der Waals surface area contributed by atoms with Crippen LogP contribution in [0.2, 0.25) is 10.0 Å². The Hall–Kier alpha value is -2.99. The zero-order valence-electron chi connectivity index (χ0n) is 17.1. The van der Waals surface area contributed by atoms with Crippen molar-refractivity contribution in [1.29, 1.82) is 0 Å². The van der Waals surface area contributed by atoms with Crippen molar-refractivity contribution in [2.24, 2.45) is 0 Å². The van der Waals surface area contributed by atoms with Crippen molar-refractivity contribution in [2.75, 3.05) is 0 Å². The van der Waals surface area contributed by atoms with E-state index in [1.165, 1.54) is 0 Å². The molecule has 0 spiro atoms. The van der Waals surface area contributed by atoms with Crippen LogP contribution in [0.1, 0.15) is 16.7 Å². The first kappa shape index (κ1) is 22.2. The van der Waals surface area contributed by atoms with Crippen LogP contribution in [0.3, 0.4) is 0 Å². The first-order chi connectivity index (χ1) is 15.5. The number of benzene rings is 3. The second kappa shape index (κ2) is 10.1. The number of hydrogen-bond donors (Lipinski definition) is 3. The number of halogens is 2. The monoisotopic (exact) mass is 468 g/mol. The summed E-state index contributed by atoms with van der Waals surface area (Å²) in [4.78, 5) is 15.0. The smallest absolute Gasteiger partial charge is 0.321 e. The minimum atomic E-state index is -0.878. The van der Waals surface area contributed by atoms with Crippen LogP contribution in [-0.2, 0) is 24.4 Å². The van der Waals surface area contributed by atoms with Gasteiger partial charge in [-0.2, -0.15) is 0 Å². The summed E-state index contributed by atoms with van der Waals surface area (Å²) in [7, 11) is 0. The highest BCUT2D eigenvalue weighted by atomic mass is 35.5. The highest BCUT2D eigenvalue weighted by molar-refractivity contribution is 6.42. The van der Waals surface area contributed by atoms with Gasteiger partial charge in [0.05, 0.1) is 10.0 Å². The van der Waals surface area contributed by atoms with Crippen LogP contribution in [-0.4, -0.2) is 22.1 Å². The Labute approximate surface area is 195 Å². The van der Waals surface area contributed by atoms with Gasteiger partial charge in [0, 0.05) is 30.1 Å². The van der Waals surface area contributed by atoms with Gasteiger partial charge < -0.3 is 20.1 Å². The van der Waals surface area contributed by atoms with Crippen molar-refractivity contribution in [3.05, 3.63) is 99.7 Å². The van der Waals surface area contributed by atoms with Crippen LogP contribution in [0.4, 0.5) is 0 Å². The standard InChI is InChI=1S/C25H22Cl2N2O3/c26-21-10-7-17(11-22(21)27)15-32-19-8-5-16(6-9-19)13-28-24(25(30)31)12-18-14-29-23-4-2-1-3-20(18)23/h1-11,14,24,28-29H,12-13,15H2,(H,30,31)/t24-/m1/s1. The van der Waals surface area contributed by atoms with E-state index in [2.05, 4.69) is 10.3 Å². The van der Waals surface area contributed by atoms with E-state index in [9.17, 15) is 9.90 Å². The van der Waals surface area contributed by atoms with Gasteiger partial charge >= 0.3 is 5.97 Å². The molecule has 0 aliphatic carbocycles. The van der Waals surface area contributed by atoms with Gasteiger partial charge in [0.25, 0.3) is 0 Å². The number of aromatic nitrogens is 1. The van der Waals surface area contributed by atoms with Crippen LogP contribution in [0.15, 0.2) is 72.9 Å². The lowest BCUT2D eigenvalue weighted by molar-refractivity contribution is -0.139. The van der Waals surface area contributed by atoms with Crippen LogP contribution in [0.5, 0.6) is 5.75 Å². The van der Waals surface area contributed by atoms with Gasteiger partial charge in [0.15, 0.2) is 0 Å². The molecule has 0 aliphatic heterocycles. The third kappa shape index (κ3) is 5.43. The normalized spacial score (nSPS) is 12.1. The summed E-state index contributed by atoms with van der Waals surface area (Å²) in [6.45, 7) is 0.812. The van der Waals surface area contributed by atoms with E-state index in [0.29, 0.717) is 35.4 Å². The molecule has 4 aromatic rings. The zero-order valence-corrected chi connectivity index (χ0v) is 18.7. The molecule has 5 nitrogen and oxygen atoms in total. The molecule has 3 aromatic carbocycles. The quantitative estimate of drug-likeness (QED) is 0.288. The molecular formula is C25H22Cl2N2O3. The van der Waals surface area contributed by atoms with E-state index in [0.717, 1.165) is 27.6 Å². The van der Waals surface area contributed by atoms with E-state index < -0.39 is 12.0 Å². The topological polar surface area (TPSA) is 74.3 Å². The number of nitrogens with one attached hydrogen (secondary N) is 2. The maximum absolute atomic E-state index is 11.8. The molecule has 7 heteroatoms. The number of ether oxygens (including phenoxy) is 1. The average molecular weight is 469 g/mol. The molecule has 0 aliphatic rings. The predicted octanol–water partition coefficient (Wildman–Crippen LogP) is 5.84. The molecule has 4 rings (SSSR count). The highest BCUT2D eigenvalue weighted by Crippen LogP contribution is 2.24. The summed E-state index contributed by atoms with van der Waals surface area (Å²) in [6, 6.07) is 20.1. The fourth-order valence-electron chi connectivity index (χ4n) is 3.51. The molecule has 1 aromatic heterocycles. The molecule has 164 valence electrons. The van der Waals surface area contributed by atoms with Crippen molar-refractivity contribution in [1.82, 2.24) is 10.3 Å². The van der Waals surface area contributed by atoms with Gasteiger partial charge in [-0.1, -0.05) is 59.6 Å². The third-order valence-electron chi connectivity index (χ3n) is 5.26. The first-order valence-corrected chi connectivity index (χ1v) is 10.9. The summed E-state index contributed by atoms with van der Waals surface area (Å²) >= 11 is 12.0. The number of hydrogen-bond acceptors (Lipinski definition) is 3. The maximum Gasteiger partial charge on any atom is 0.321 e. The van der Waals surface area contributed by atoms with Crippen LogP contribution < -0.4 is 10.1 Å². The van der Waals surface area contributed by atoms with E-state index in [1.807, 2.05) is 60.8 Å². The number of fused-ring (bicyclic) bond motifs is 1. The number of carboxylic acids is 1. The fraction of sp³-hybridized carbons (Fsp3) is 0.160. The Balaban J connectivity index is 1.33. The molecule has 0 unspecified atom stereocenters. The minimum absolute atomic E-state index is 0.375. The molecule has 0 saturated carbocycles. The summed E-state index contributed by atoms with van der Waals surface area (Å²) in [5.74, 6) is -0.162. The lowest BCUT2D eigenvalue weighted by Crippen LogP contribution is -2.38. The number of carboxylic acid groups (broad SMARTS) is 1. The predicted molar refractivity (Wildman–Crippen MR) is 128 cm³/mol. The number of para-hydroxylation sites is 1. The number of rotatable bonds is 9. The van der Waals surface area contributed by atoms with Gasteiger partial charge in [-0.25, -0.2) is 0 Å². The molecule has 3 N–H and O–H groups in total. The second-order valence-corrected chi connectivity index (χ2v) is 8.33. The molecule has 32 heavy (non-hydrogen) atoms. The van der Waals surface area contributed by atoms with Gasteiger partial charge in [-0.15, -0.1) is 0 Å². The number of carbonyl (C=O) groups is 1. The number of aromatic amines is 1. The Kier molecular flexibility index (Phi) is 7.00. The SMILES string of the molecule is O=C(O)[C@@H](Cc1c[nH]c2ccccc12)NCc1ccc(OCc2ccc(Cl)c(Cl)c2)cc1. The fourth-order valence-corrected chi connectivity index (χ4v) is 3.83. The van der Waals surface area contributed by atoms with Crippen molar-refractivity contribution in [2.45, 2.75) is 25.6 Å². The van der Waals surface area contributed by atoms with Gasteiger partial charge in [0.2, 0.25) is 0 Å². The molecule has 1 atom stereocenters. The highest BCUT2D eigenvalue weighted by Gasteiger charge is 2.19. The molecular weight excluding hydrogens is 447 g/mol. The molecule has 0 amide bonds. The van der Waals surface area contributed by atoms with E-state index in [1.54, 1.807) is 12.1 Å². The number of aliphatic carboxylic acids is 1. The van der Waals surface area contributed by atoms with Crippen molar-refractivity contribution in [3.8, 4) is 5.75 Å².